The van der Waals surface area contributed by atoms with E-state index in [1.54, 1.807) is 0 Å². The maximum absolute atomic E-state index is 12.1. The number of nitrogen functional groups attached to an aromatic ring is 1. The first-order chi connectivity index (χ1) is 10.9. The van der Waals surface area contributed by atoms with Gasteiger partial charge in [0, 0.05) is 26.1 Å². The van der Waals surface area contributed by atoms with Crippen molar-refractivity contribution in [3.63, 3.8) is 0 Å². The van der Waals surface area contributed by atoms with Gasteiger partial charge >= 0.3 is 5.69 Å². The fraction of sp³-hybridized carbons (Fsp3) is 0.615. The van der Waals surface area contributed by atoms with Crippen LogP contribution in [0.15, 0.2) is 17.1 Å². The van der Waals surface area contributed by atoms with Crippen molar-refractivity contribution in [2.75, 3.05) is 19.4 Å². The van der Waals surface area contributed by atoms with Crippen molar-refractivity contribution in [1.82, 2.24) is 14.9 Å². The third-order valence-electron chi connectivity index (χ3n) is 3.92. The third kappa shape index (κ3) is 3.06. The molecule has 0 bridgehead atoms. The Hall–Kier alpha value is -2.01. The molecule has 1 aliphatic heterocycles. The number of ether oxygens (including phenoxy) is 1. The molecule has 1 saturated heterocycles. The molecule has 1 aromatic heterocycles. The summed E-state index contributed by atoms with van der Waals surface area (Å²) in [5.41, 5.74) is 2.92. The van der Waals surface area contributed by atoms with Crippen LogP contribution in [-0.4, -0.2) is 62.7 Å². The molecule has 2 heterocycles. The van der Waals surface area contributed by atoms with Crippen LogP contribution in [0.3, 0.4) is 0 Å². The standard InChI is InChI=1S/C13H20N4O6/c1-15-9(19)2-4-13(11(21)10(20)7(6-18)23-13)17-5-3-8(14)16-12(17)22/h3,5,7,10-11,18,20-21H,2,4,6H2,1H3,(H,15,19)(H2,14,16,22)/t7-,10-,11-,13-/m1/s1. The summed E-state index contributed by atoms with van der Waals surface area (Å²) in [6, 6.07) is 1.33. The van der Waals surface area contributed by atoms with E-state index in [-0.39, 0.29) is 24.6 Å². The van der Waals surface area contributed by atoms with E-state index < -0.39 is 36.3 Å². The maximum atomic E-state index is 12.1. The van der Waals surface area contributed by atoms with Crippen LogP contribution in [0.2, 0.25) is 0 Å². The molecule has 0 unspecified atom stereocenters. The number of amides is 1. The lowest BCUT2D eigenvalue weighted by atomic mass is 9.97. The van der Waals surface area contributed by atoms with Crippen molar-refractivity contribution in [1.29, 1.82) is 0 Å². The first-order valence-corrected chi connectivity index (χ1v) is 7.06. The van der Waals surface area contributed by atoms with Crippen LogP contribution >= 0.6 is 0 Å². The predicted octanol–water partition coefficient (Wildman–Crippen LogP) is -2.88. The van der Waals surface area contributed by atoms with Gasteiger partial charge in [0.25, 0.3) is 0 Å². The van der Waals surface area contributed by atoms with Gasteiger partial charge < -0.3 is 31.1 Å². The van der Waals surface area contributed by atoms with Gasteiger partial charge in [-0.15, -0.1) is 0 Å². The van der Waals surface area contributed by atoms with Gasteiger partial charge in [0.15, 0.2) is 5.72 Å². The molecule has 1 fully saturated rings. The quantitative estimate of drug-likeness (QED) is 0.385. The van der Waals surface area contributed by atoms with Crippen LogP contribution in [0.25, 0.3) is 0 Å². The summed E-state index contributed by atoms with van der Waals surface area (Å²) in [6.45, 7) is -0.558. The smallest absolute Gasteiger partial charge is 0.351 e. The summed E-state index contributed by atoms with van der Waals surface area (Å²) in [4.78, 5) is 27.2. The number of carbonyl (C=O) groups is 1. The van der Waals surface area contributed by atoms with Crippen LogP contribution in [0, 0.1) is 0 Å². The number of nitrogens with zero attached hydrogens (tertiary/aromatic N) is 2. The zero-order valence-corrected chi connectivity index (χ0v) is 12.5. The van der Waals surface area contributed by atoms with Crippen LogP contribution in [0.5, 0.6) is 0 Å². The first kappa shape index (κ1) is 17.3. The Bertz CT molecular complexity index is 635. The van der Waals surface area contributed by atoms with Gasteiger partial charge in [-0.2, -0.15) is 4.98 Å². The minimum atomic E-state index is -1.73. The van der Waals surface area contributed by atoms with E-state index in [1.165, 1.54) is 19.3 Å². The lowest BCUT2D eigenvalue weighted by Crippen LogP contribution is -2.51. The largest absolute Gasteiger partial charge is 0.394 e. The van der Waals surface area contributed by atoms with E-state index in [1.807, 2.05) is 0 Å². The Labute approximate surface area is 131 Å². The predicted molar refractivity (Wildman–Crippen MR) is 78.2 cm³/mol. The van der Waals surface area contributed by atoms with Gasteiger partial charge in [0.1, 0.15) is 24.1 Å². The van der Waals surface area contributed by atoms with Crippen molar-refractivity contribution < 1.29 is 24.9 Å². The summed E-state index contributed by atoms with van der Waals surface area (Å²) in [5, 5.41) is 32.1. The number of carbonyl (C=O) groups excluding carboxylic acids is 1. The van der Waals surface area contributed by atoms with Crippen molar-refractivity contribution in [2.45, 2.75) is 36.9 Å². The molecule has 0 aliphatic carbocycles. The van der Waals surface area contributed by atoms with Crippen LogP contribution in [0.1, 0.15) is 12.8 Å². The normalized spacial score (nSPS) is 30.3. The molecule has 23 heavy (non-hydrogen) atoms. The fourth-order valence-electron chi connectivity index (χ4n) is 2.67. The highest BCUT2D eigenvalue weighted by atomic mass is 16.6. The van der Waals surface area contributed by atoms with Gasteiger partial charge in [-0.3, -0.25) is 9.36 Å². The Morgan fingerprint density at radius 2 is 2.26 bits per heavy atom. The number of nitrogens with two attached hydrogens (primary N) is 1. The number of hydrogen-bond donors (Lipinski definition) is 5. The molecule has 4 atom stereocenters. The number of hydrogen-bond acceptors (Lipinski definition) is 8. The number of rotatable bonds is 5. The second-order valence-electron chi connectivity index (χ2n) is 5.30. The zero-order valence-electron chi connectivity index (χ0n) is 12.5. The van der Waals surface area contributed by atoms with Gasteiger partial charge in [0.05, 0.1) is 6.61 Å². The lowest BCUT2D eigenvalue weighted by molar-refractivity contribution is -0.158. The van der Waals surface area contributed by atoms with Gasteiger partial charge in [0.2, 0.25) is 5.91 Å². The SMILES string of the molecule is CNC(=O)CC[C@@]1(n2ccc(N)nc2=O)O[C@H](CO)[C@@H](O)[C@H]1O. The van der Waals surface area contributed by atoms with E-state index >= 15 is 0 Å². The molecule has 2 rings (SSSR count). The molecule has 1 aromatic rings. The molecular weight excluding hydrogens is 308 g/mol. The highest BCUT2D eigenvalue weighted by Crippen LogP contribution is 2.38. The number of aliphatic hydroxyl groups is 3. The van der Waals surface area contributed by atoms with E-state index in [9.17, 15) is 24.9 Å². The van der Waals surface area contributed by atoms with E-state index in [0.717, 1.165) is 4.57 Å². The topological polar surface area (TPSA) is 160 Å². The highest BCUT2D eigenvalue weighted by Gasteiger charge is 2.55. The van der Waals surface area contributed by atoms with Crippen molar-refractivity contribution >= 4 is 11.7 Å². The van der Waals surface area contributed by atoms with E-state index in [4.69, 9.17) is 10.5 Å². The lowest BCUT2D eigenvalue weighted by Gasteiger charge is -2.33. The summed E-state index contributed by atoms with van der Waals surface area (Å²) < 4.78 is 6.56. The number of nitrogens with one attached hydrogen (secondary N) is 1. The molecule has 1 amide bonds. The Morgan fingerprint density at radius 1 is 1.57 bits per heavy atom. The van der Waals surface area contributed by atoms with Gasteiger partial charge in [-0.25, -0.2) is 4.79 Å². The molecule has 0 saturated carbocycles. The average Bonchev–Trinajstić information content (AvgIpc) is 2.78. The van der Waals surface area contributed by atoms with Crippen LogP contribution in [-0.2, 0) is 15.3 Å². The Morgan fingerprint density at radius 3 is 2.78 bits per heavy atom. The summed E-state index contributed by atoms with van der Waals surface area (Å²) in [5.74, 6) is -0.349. The molecular formula is C13H20N4O6. The maximum Gasteiger partial charge on any atom is 0.351 e. The molecule has 128 valence electrons. The summed E-state index contributed by atoms with van der Waals surface area (Å²) in [7, 11) is 1.45. The molecule has 6 N–H and O–H groups in total. The zero-order chi connectivity index (χ0) is 17.2. The molecule has 1 aliphatic rings. The summed E-state index contributed by atoms with van der Waals surface area (Å²) in [6.07, 6.45) is -2.97. The van der Waals surface area contributed by atoms with E-state index in [0.29, 0.717) is 0 Å². The molecule has 10 heteroatoms. The highest BCUT2D eigenvalue weighted by molar-refractivity contribution is 5.75. The van der Waals surface area contributed by atoms with Gasteiger partial charge in [-0.1, -0.05) is 0 Å². The van der Waals surface area contributed by atoms with Gasteiger partial charge in [-0.05, 0) is 6.07 Å². The number of aliphatic hydroxyl groups excluding tert-OH is 3. The third-order valence-corrected chi connectivity index (χ3v) is 3.92. The molecule has 0 radical (unpaired) electrons. The number of anilines is 1. The Balaban J connectivity index is 2.47. The van der Waals surface area contributed by atoms with Crippen LogP contribution in [0.4, 0.5) is 5.82 Å². The fourth-order valence-corrected chi connectivity index (χ4v) is 2.67. The minimum Gasteiger partial charge on any atom is -0.394 e. The first-order valence-electron chi connectivity index (χ1n) is 7.06. The van der Waals surface area contributed by atoms with Crippen LogP contribution < -0.4 is 16.7 Å². The average molecular weight is 328 g/mol. The monoisotopic (exact) mass is 328 g/mol. The van der Waals surface area contributed by atoms with Crippen molar-refractivity contribution in [2.24, 2.45) is 0 Å². The minimum absolute atomic E-state index is 0.0144. The van der Waals surface area contributed by atoms with E-state index in [2.05, 4.69) is 10.3 Å². The second-order valence-corrected chi connectivity index (χ2v) is 5.30. The molecule has 0 aromatic carbocycles. The summed E-state index contributed by atoms with van der Waals surface area (Å²) >= 11 is 0. The molecule has 0 spiro atoms. The molecule has 10 nitrogen and oxygen atoms in total. The Kier molecular flexibility index (Phi) is 5.00. The van der Waals surface area contributed by atoms with Crippen molar-refractivity contribution in [3.8, 4) is 0 Å². The second kappa shape index (κ2) is 6.62. The number of aromatic nitrogens is 2. The van der Waals surface area contributed by atoms with Crippen molar-refractivity contribution in [3.05, 3.63) is 22.7 Å².